The minimum absolute atomic E-state index is 0.0614. The third-order valence-corrected chi connectivity index (χ3v) is 2.25. The largest absolute Gasteiger partial charge is 0.314 e. The van der Waals surface area contributed by atoms with Gasteiger partial charge in [0.15, 0.2) is 0 Å². The summed E-state index contributed by atoms with van der Waals surface area (Å²) in [6.07, 6.45) is 1.36. The molecule has 0 radical (unpaired) electrons. The molecule has 15 heavy (non-hydrogen) atoms. The molecule has 3 N–H and O–H groups in total. The molecule has 1 saturated heterocycles. The maximum absolute atomic E-state index is 11.5. The Bertz CT molecular complexity index is 305. The highest BCUT2D eigenvalue weighted by Crippen LogP contribution is 1.95. The number of carbonyl (C=O) groups excluding carboxylic acids is 1. The minimum Gasteiger partial charge on any atom is -0.314 e. The molecule has 1 aromatic heterocycles. The summed E-state index contributed by atoms with van der Waals surface area (Å²) in [4.78, 5) is 17.4. The van der Waals surface area contributed by atoms with Crippen LogP contribution >= 0.6 is 0 Å². The van der Waals surface area contributed by atoms with E-state index >= 15 is 0 Å². The van der Waals surface area contributed by atoms with Gasteiger partial charge in [0.05, 0.1) is 6.54 Å². The third kappa shape index (κ3) is 3.00. The molecule has 7 nitrogen and oxygen atoms in total. The Morgan fingerprint density at radius 2 is 2.33 bits per heavy atom. The van der Waals surface area contributed by atoms with Gasteiger partial charge in [-0.15, -0.1) is 0 Å². The first-order valence-corrected chi connectivity index (χ1v) is 4.93. The van der Waals surface area contributed by atoms with Crippen molar-refractivity contribution in [2.24, 2.45) is 0 Å². The van der Waals surface area contributed by atoms with E-state index in [1.54, 1.807) is 0 Å². The van der Waals surface area contributed by atoms with E-state index in [0.29, 0.717) is 12.5 Å². The van der Waals surface area contributed by atoms with E-state index < -0.39 is 0 Å². The first-order chi connectivity index (χ1) is 7.34. The van der Waals surface area contributed by atoms with Crippen molar-refractivity contribution in [1.82, 2.24) is 25.4 Å². The number of amides is 1. The second-order valence-corrected chi connectivity index (χ2v) is 3.41. The van der Waals surface area contributed by atoms with Crippen LogP contribution in [-0.4, -0.2) is 58.7 Å². The smallest absolute Gasteiger partial charge is 0.240 e. The van der Waals surface area contributed by atoms with E-state index in [9.17, 15) is 4.79 Å². The molecule has 7 heteroatoms. The molecule has 0 spiro atoms. The minimum atomic E-state index is -0.0614. The normalized spacial score (nSPS) is 17.6. The molecule has 2 heterocycles. The molecule has 1 aliphatic rings. The molecule has 1 aromatic rings. The standard InChI is InChI=1S/C8H14N6O/c15-7(12-8-10-6-11-13-8)5-14-3-1-9-2-4-14/h6,9H,1-5H2,(H2,10,11,12,13,15). The number of aromatic amines is 1. The zero-order valence-electron chi connectivity index (χ0n) is 8.36. The average Bonchev–Trinajstić information content (AvgIpc) is 2.71. The topological polar surface area (TPSA) is 85.9 Å². The summed E-state index contributed by atoms with van der Waals surface area (Å²) in [5.41, 5.74) is 0. The Balaban J connectivity index is 1.76. The molecule has 1 aliphatic heterocycles. The first-order valence-electron chi connectivity index (χ1n) is 4.93. The lowest BCUT2D eigenvalue weighted by Gasteiger charge is -2.26. The van der Waals surface area contributed by atoms with Crippen LogP contribution in [0.4, 0.5) is 5.95 Å². The molecule has 0 atom stereocenters. The van der Waals surface area contributed by atoms with E-state index in [-0.39, 0.29) is 5.91 Å². The fourth-order valence-electron chi connectivity index (χ4n) is 1.51. The Labute approximate surface area is 87.3 Å². The van der Waals surface area contributed by atoms with Crippen molar-refractivity contribution in [2.75, 3.05) is 38.0 Å². The Hall–Kier alpha value is -1.47. The highest BCUT2D eigenvalue weighted by molar-refractivity contribution is 5.90. The molecular weight excluding hydrogens is 196 g/mol. The van der Waals surface area contributed by atoms with Crippen molar-refractivity contribution in [3.63, 3.8) is 0 Å². The van der Waals surface area contributed by atoms with Gasteiger partial charge in [0, 0.05) is 26.2 Å². The molecule has 2 rings (SSSR count). The van der Waals surface area contributed by atoms with Crippen molar-refractivity contribution in [3.8, 4) is 0 Å². The molecule has 1 fully saturated rings. The number of carbonyl (C=O) groups is 1. The van der Waals surface area contributed by atoms with E-state index in [0.717, 1.165) is 26.2 Å². The molecule has 0 aliphatic carbocycles. The molecule has 0 aromatic carbocycles. The summed E-state index contributed by atoms with van der Waals surface area (Å²) >= 11 is 0. The molecule has 0 bridgehead atoms. The summed E-state index contributed by atoms with van der Waals surface area (Å²) in [6.45, 7) is 4.10. The van der Waals surface area contributed by atoms with Gasteiger partial charge in [0.1, 0.15) is 6.33 Å². The van der Waals surface area contributed by atoms with Gasteiger partial charge in [-0.3, -0.25) is 15.0 Å². The number of piperazine rings is 1. The fourth-order valence-corrected chi connectivity index (χ4v) is 1.51. The van der Waals surface area contributed by atoms with Gasteiger partial charge in [-0.1, -0.05) is 0 Å². The average molecular weight is 210 g/mol. The lowest BCUT2D eigenvalue weighted by molar-refractivity contribution is -0.117. The SMILES string of the molecule is O=C(CN1CCNCC1)Nc1ncn[nH]1. The van der Waals surface area contributed by atoms with Gasteiger partial charge in [0.2, 0.25) is 11.9 Å². The number of H-pyrrole nitrogens is 1. The van der Waals surface area contributed by atoms with Crippen LogP contribution in [0.2, 0.25) is 0 Å². The summed E-state index contributed by atoms with van der Waals surface area (Å²) < 4.78 is 0. The third-order valence-electron chi connectivity index (χ3n) is 2.25. The monoisotopic (exact) mass is 210 g/mol. The Morgan fingerprint density at radius 3 is 3.00 bits per heavy atom. The van der Waals surface area contributed by atoms with Crippen molar-refractivity contribution >= 4 is 11.9 Å². The highest BCUT2D eigenvalue weighted by atomic mass is 16.2. The van der Waals surface area contributed by atoms with E-state index in [4.69, 9.17) is 0 Å². The summed E-state index contributed by atoms with van der Waals surface area (Å²) in [5, 5.41) is 12.1. The van der Waals surface area contributed by atoms with Crippen molar-refractivity contribution < 1.29 is 4.79 Å². The van der Waals surface area contributed by atoms with Gasteiger partial charge < -0.3 is 5.32 Å². The van der Waals surface area contributed by atoms with Gasteiger partial charge in [-0.05, 0) is 0 Å². The van der Waals surface area contributed by atoms with Gasteiger partial charge >= 0.3 is 0 Å². The number of anilines is 1. The molecular formula is C8H14N6O. The maximum Gasteiger partial charge on any atom is 0.240 e. The predicted molar refractivity (Wildman–Crippen MR) is 54.3 cm³/mol. The quantitative estimate of drug-likeness (QED) is 0.574. The van der Waals surface area contributed by atoms with Crippen molar-refractivity contribution in [3.05, 3.63) is 6.33 Å². The first kappa shape index (κ1) is 10.1. The maximum atomic E-state index is 11.5. The number of rotatable bonds is 3. The number of hydrogen-bond acceptors (Lipinski definition) is 5. The van der Waals surface area contributed by atoms with Crippen LogP contribution < -0.4 is 10.6 Å². The number of nitrogens with zero attached hydrogens (tertiary/aromatic N) is 3. The Morgan fingerprint density at radius 1 is 1.53 bits per heavy atom. The van der Waals surface area contributed by atoms with Gasteiger partial charge in [-0.2, -0.15) is 10.1 Å². The predicted octanol–water partition coefficient (Wildman–Crippen LogP) is -1.35. The fraction of sp³-hybridized carbons (Fsp3) is 0.625. The van der Waals surface area contributed by atoms with Crippen LogP contribution in [0.25, 0.3) is 0 Å². The van der Waals surface area contributed by atoms with Crippen LogP contribution in [0.15, 0.2) is 6.33 Å². The number of nitrogens with one attached hydrogen (secondary N) is 3. The van der Waals surface area contributed by atoms with E-state index in [1.807, 2.05) is 0 Å². The van der Waals surface area contributed by atoms with Gasteiger partial charge in [0.25, 0.3) is 0 Å². The van der Waals surface area contributed by atoms with Crippen molar-refractivity contribution in [1.29, 1.82) is 0 Å². The second kappa shape index (κ2) is 4.85. The summed E-state index contributed by atoms with van der Waals surface area (Å²) in [6, 6.07) is 0. The molecule has 0 unspecified atom stereocenters. The lowest BCUT2D eigenvalue weighted by atomic mass is 10.3. The van der Waals surface area contributed by atoms with Crippen molar-refractivity contribution in [2.45, 2.75) is 0 Å². The second-order valence-electron chi connectivity index (χ2n) is 3.41. The zero-order chi connectivity index (χ0) is 10.5. The lowest BCUT2D eigenvalue weighted by Crippen LogP contribution is -2.46. The summed E-state index contributed by atoms with van der Waals surface area (Å²) in [5.74, 6) is 0.337. The highest BCUT2D eigenvalue weighted by Gasteiger charge is 2.13. The van der Waals surface area contributed by atoms with Crippen LogP contribution in [0.5, 0.6) is 0 Å². The van der Waals surface area contributed by atoms with Crippen LogP contribution in [0.3, 0.4) is 0 Å². The Kier molecular flexibility index (Phi) is 3.25. The molecule has 82 valence electrons. The van der Waals surface area contributed by atoms with Crippen LogP contribution in [0, 0.1) is 0 Å². The van der Waals surface area contributed by atoms with E-state index in [1.165, 1.54) is 6.33 Å². The molecule has 1 amide bonds. The summed E-state index contributed by atoms with van der Waals surface area (Å²) in [7, 11) is 0. The molecule has 0 saturated carbocycles. The van der Waals surface area contributed by atoms with Crippen LogP contribution in [0.1, 0.15) is 0 Å². The van der Waals surface area contributed by atoms with Gasteiger partial charge in [-0.25, -0.2) is 5.10 Å². The number of aromatic nitrogens is 3. The zero-order valence-corrected chi connectivity index (χ0v) is 8.36. The van der Waals surface area contributed by atoms with Crippen LogP contribution in [-0.2, 0) is 4.79 Å². The number of hydrogen-bond donors (Lipinski definition) is 3. The van der Waals surface area contributed by atoms with E-state index in [2.05, 4.69) is 30.7 Å².